The van der Waals surface area contributed by atoms with Gasteiger partial charge < -0.3 is 37.1 Å². The van der Waals surface area contributed by atoms with Gasteiger partial charge in [0.1, 0.15) is 0 Å². The molecule has 2 nitrogen and oxygen atoms in total. The second-order valence-electron chi connectivity index (χ2n) is 3.43. The van der Waals surface area contributed by atoms with Crippen molar-refractivity contribution in [2.24, 2.45) is 0 Å². The normalized spacial score (nSPS) is 8.87. The molecule has 2 heterocycles. The fraction of sp³-hybridized carbons (Fsp3) is 0.0500. The minimum Gasteiger partial charge on any atom is -0.358 e. The first-order valence-corrected chi connectivity index (χ1v) is 5.51. The number of aromatic nitrogens is 2. The number of pyridine rings is 2. The Bertz CT molecular complexity index is 446. The average molecular weight is 399 g/mol. The second-order valence-corrected chi connectivity index (χ2v) is 3.43. The van der Waals surface area contributed by atoms with Gasteiger partial charge in [-0.05, 0) is 24.3 Å². The summed E-state index contributed by atoms with van der Waals surface area (Å²) in [6, 6.07) is 11.6. The molecule has 0 saturated carbocycles. The van der Waals surface area contributed by atoms with E-state index in [1.807, 2.05) is 48.6 Å². The zero-order valence-corrected chi connectivity index (χ0v) is 16.4. The Morgan fingerprint density at radius 1 is 0.739 bits per heavy atom. The number of allylic oxidation sites excluding steroid dienone is 4. The van der Waals surface area contributed by atoms with Gasteiger partial charge in [0.15, 0.2) is 0 Å². The largest absolute Gasteiger partial charge is 0.358 e. The van der Waals surface area contributed by atoms with Gasteiger partial charge in [0, 0.05) is 31.9 Å². The van der Waals surface area contributed by atoms with Crippen LogP contribution in [-0.4, -0.2) is 9.97 Å². The van der Waals surface area contributed by atoms with Gasteiger partial charge >= 0.3 is 0 Å². The Balaban J connectivity index is -0.0000000876. The molecule has 0 amide bonds. The van der Waals surface area contributed by atoms with Crippen LogP contribution in [0, 0.1) is 43.2 Å². The third-order valence-electron chi connectivity index (χ3n) is 2.18. The summed E-state index contributed by atoms with van der Waals surface area (Å²) in [7, 11) is 0. The molecule has 0 spiro atoms. The van der Waals surface area contributed by atoms with Crippen molar-refractivity contribution in [2.45, 2.75) is 6.42 Å². The number of hydrogen-bond acceptors (Lipinski definition) is 2. The molecule has 23 heavy (non-hydrogen) atoms. The van der Waals surface area contributed by atoms with Gasteiger partial charge in [-0.3, -0.25) is 16.0 Å². The van der Waals surface area contributed by atoms with Crippen molar-refractivity contribution in [3.8, 4) is 11.4 Å². The Hall–Kier alpha value is -1.60. The third-order valence-corrected chi connectivity index (χ3v) is 2.18. The van der Waals surface area contributed by atoms with Crippen molar-refractivity contribution < 1.29 is 19.5 Å². The van der Waals surface area contributed by atoms with E-state index in [0.29, 0.717) is 0 Å². The van der Waals surface area contributed by atoms with Crippen molar-refractivity contribution in [3.63, 3.8) is 0 Å². The summed E-state index contributed by atoms with van der Waals surface area (Å²) in [5, 5.41) is 0. The summed E-state index contributed by atoms with van der Waals surface area (Å²) in [6.45, 7) is 0. The van der Waals surface area contributed by atoms with E-state index in [2.05, 4.69) is 22.1 Å². The molecule has 0 fully saturated rings. The molecular formula is C20H28N2Rh-6. The summed E-state index contributed by atoms with van der Waals surface area (Å²) < 4.78 is 0. The van der Waals surface area contributed by atoms with Crippen molar-refractivity contribution in [3.05, 3.63) is 110 Å². The van der Waals surface area contributed by atoms with Crippen LogP contribution in [0.4, 0.5) is 0 Å². The molecule has 0 atom stereocenters. The molecule has 2 aromatic heterocycles. The van der Waals surface area contributed by atoms with Crippen molar-refractivity contribution >= 4 is 0 Å². The Morgan fingerprint density at radius 2 is 1.22 bits per heavy atom. The summed E-state index contributed by atoms with van der Waals surface area (Å²) in [4.78, 5) is 8.37. The van der Waals surface area contributed by atoms with Crippen molar-refractivity contribution in [1.29, 1.82) is 0 Å². The number of hydrogen-bond donors (Lipinski definition) is 0. The molecule has 3 heteroatoms. The number of nitrogens with zero attached hydrogens (tertiary/aromatic N) is 2. The standard InChI is InChI=1S/C10H8N2.C5H5.5CH3.Rh/c1-3-7-11-9(5-1)10-6-2-4-8-12-10;1-2-4-5-3-1;;;;;;/h1-8H;1-3H,4H2;5*1H3;/q;6*-1;. The van der Waals surface area contributed by atoms with Crippen LogP contribution in [0.2, 0.25) is 0 Å². The number of rotatable bonds is 1. The predicted octanol–water partition coefficient (Wildman–Crippen LogP) is 5.70. The van der Waals surface area contributed by atoms with Crippen LogP contribution in [0.1, 0.15) is 6.42 Å². The molecule has 0 unspecified atom stereocenters. The van der Waals surface area contributed by atoms with Gasteiger partial charge in [-0.15, -0.1) is 6.42 Å². The van der Waals surface area contributed by atoms with Gasteiger partial charge in [-0.2, -0.15) is 6.08 Å². The Labute approximate surface area is 157 Å². The zero-order chi connectivity index (χ0) is 11.8. The maximum Gasteiger partial charge on any atom is 0.0886 e. The first-order chi connectivity index (χ1) is 8.47. The van der Waals surface area contributed by atoms with Crippen LogP contribution in [-0.2, 0) is 19.5 Å². The minimum atomic E-state index is 0. The van der Waals surface area contributed by atoms with Crippen LogP contribution in [0.15, 0.2) is 67.0 Å². The van der Waals surface area contributed by atoms with Gasteiger partial charge in [-0.25, -0.2) is 12.2 Å². The zero-order valence-electron chi connectivity index (χ0n) is 14.8. The molecule has 0 saturated heterocycles. The second kappa shape index (κ2) is 20.4. The molecule has 0 N–H and O–H groups in total. The molecule has 1 radical (unpaired) electrons. The molecule has 0 bridgehead atoms. The first kappa shape index (κ1) is 33.1. The van der Waals surface area contributed by atoms with Crippen molar-refractivity contribution in [2.75, 3.05) is 0 Å². The van der Waals surface area contributed by atoms with Crippen LogP contribution in [0.25, 0.3) is 11.4 Å². The van der Waals surface area contributed by atoms with Crippen molar-refractivity contribution in [1.82, 2.24) is 9.97 Å². The molecule has 2 aromatic rings. The van der Waals surface area contributed by atoms with Crippen LogP contribution >= 0.6 is 0 Å². The van der Waals surface area contributed by atoms with Gasteiger partial charge in [0.05, 0.1) is 11.4 Å². The fourth-order valence-corrected chi connectivity index (χ4v) is 1.37. The summed E-state index contributed by atoms with van der Waals surface area (Å²) >= 11 is 0. The maximum absolute atomic E-state index is 4.19. The van der Waals surface area contributed by atoms with Gasteiger partial charge in [-0.1, -0.05) is 12.1 Å². The third kappa shape index (κ3) is 12.6. The SMILES string of the molecule is [C-]1=CC=CC1.[CH3-].[CH3-].[CH3-].[CH3-].[CH3-].[Rh].c1ccc(-c2ccccn2)nc1. The van der Waals surface area contributed by atoms with E-state index in [9.17, 15) is 0 Å². The van der Waals surface area contributed by atoms with E-state index in [1.54, 1.807) is 12.4 Å². The molecule has 0 aromatic carbocycles. The fourth-order valence-electron chi connectivity index (χ4n) is 1.37. The first-order valence-electron chi connectivity index (χ1n) is 5.51. The Morgan fingerprint density at radius 3 is 1.43 bits per heavy atom. The molecule has 1 aliphatic rings. The molecular weight excluding hydrogens is 371 g/mol. The summed E-state index contributed by atoms with van der Waals surface area (Å²) in [6.07, 6.45) is 13.5. The van der Waals surface area contributed by atoms with E-state index < -0.39 is 0 Å². The smallest absolute Gasteiger partial charge is 0.0886 e. The maximum atomic E-state index is 4.19. The van der Waals surface area contributed by atoms with E-state index in [4.69, 9.17) is 0 Å². The topological polar surface area (TPSA) is 25.8 Å². The van der Waals surface area contributed by atoms with Gasteiger partial charge in [0.25, 0.3) is 0 Å². The molecule has 1 aliphatic carbocycles. The molecule has 133 valence electrons. The minimum absolute atomic E-state index is 0. The monoisotopic (exact) mass is 399 g/mol. The van der Waals surface area contributed by atoms with Crippen LogP contribution in [0.5, 0.6) is 0 Å². The Kier molecular flexibility index (Phi) is 29.4. The summed E-state index contributed by atoms with van der Waals surface area (Å²) in [5.41, 5.74) is 1.83. The van der Waals surface area contributed by atoms with E-state index in [0.717, 1.165) is 17.8 Å². The van der Waals surface area contributed by atoms with E-state index >= 15 is 0 Å². The molecule has 0 aliphatic heterocycles. The van der Waals surface area contributed by atoms with Crippen LogP contribution < -0.4 is 0 Å². The van der Waals surface area contributed by atoms with E-state index in [1.165, 1.54) is 0 Å². The predicted molar refractivity (Wildman–Crippen MR) is 101 cm³/mol. The average Bonchev–Trinajstić information content (AvgIpc) is 3.00. The van der Waals surface area contributed by atoms with E-state index in [-0.39, 0.29) is 56.6 Å². The van der Waals surface area contributed by atoms with Crippen LogP contribution in [0.3, 0.4) is 0 Å². The molecule has 3 rings (SSSR count). The quantitative estimate of drug-likeness (QED) is 0.454. The summed E-state index contributed by atoms with van der Waals surface area (Å²) in [5.74, 6) is 0. The van der Waals surface area contributed by atoms with Gasteiger partial charge in [0.2, 0.25) is 0 Å².